The molecule has 1 fully saturated rings. The first-order valence-corrected chi connectivity index (χ1v) is 10.2. The minimum atomic E-state index is -0.304. The number of carbonyl (C=O) groups excluding carboxylic acids is 1. The molecule has 1 aliphatic heterocycles. The molecule has 1 amide bonds. The molecule has 1 aliphatic rings. The van der Waals surface area contributed by atoms with Crippen molar-refractivity contribution in [3.63, 3.8) is 0 Å². The maximum absolute atomic E-state index is 13.3. The molecular formula is C21H21FN4O2S. The molecule has 0 saturated carbocycles. The van der Waals surface area contributed by atoms with E-state index >= 15 is 0 Å². The lowest BCUT2D eigenvalue weighted by molar-refractivity contribution is 0.0678. The molecule has 0 bridgehead atoms. The van der Waals surface area contributed by atoms with Crippen LogP contribution in [0.15, 0.2) is 48.1 Å². The molecule has 2 aromatic heterocycles. The Bertz CT molecular complexity index is 1010. The summed E-state index contributed by atoms with van der Waals surface area (Å²) in [5.41, 5.74) is 0.694. The molecule has 4 rings (SSSR count). The van der Waals surface area contributed by atoms with Crippen LogP contribution in [0, 0.1) is 12.7 Å². The smallest absolute Gasteiger partial charge is 0.264 e. The topological polar surface area (TPSA) is 58.6 Å². The van der Waals surface area contributed by atoms with Crippen LogP contribution in [0.1, 0.15) is 22.2 Å². The van der Waals surface area contributed by atoms with Crippen LogP contribution in [0.3, 0.4) is 0 Å². The van der Waals surface area contributed by atoms with Gasteiger partial charge in [-0.05, 0) is 49.1 Å². The quantitative estimate of drug-likeness (QED) is 0.645. The summed E-state index contributed by atoms with van der Waals surface area (Å²) >= 11 is 1.46. The minimum Gasteiger partial charge on any atom is -0.439 e. The van der Waals surface area contributed by atoms with Gasteiger partial charge in [0.25, 0.3) is 5.91 Å². The molecule has 1 saturated heterocycles. The van der Waals surface area contributed by atoms with Gasteiger partial charge < -0.3 is 14.5 Å². The summed E-state index contributed by atoms with van der Waals surface area (Å²) in [6.45, 7) is 5.79. The summed E-state index contributed by atoms with van der Waals surface area (Å²) in [6, 6.07) is 9.94. The molecular weight excluding hydrogens is 391 g/mol. The van der Waals surface area contributed by atoms with Gasteiger partial charge in [-0.2, -0.15) is 0 Å². The zero-order valence-electron chi connectivity index (χ0n) is 16.2. The van der Waals surface area contributed by atoms with Gasteiger partial charge >= 0.3 is 0 Å². The molecule has 0 spiro atoms. The summed E-state index contributed by atoms with van der Waals surface area (Å²) in [5, 5.41) is 1.92. The van der Waals surface area contributed by atoms with Crippen molar-refractivity contribution in [2.45, 2.75) is 19.9 Å². The van der Waals surface area contributed by atoms with E-state index in [-0.39, 0.29) is 17.8 Å². The maximum Gasteiger partial charge on any atom is 0.264 e. The monoisotopic (exact) mass is 412 g/mol. The lowest BCUT2D eigenvalue weighted by Crippen LogP contribution is -2.54. The predicted octanol–water partition coefficient (Wildman–Crippen LogP) is 4.13. The number of carbonyl (C=O) groups is 1. The van der Waals surface area contributed by atoms with Crippen molar-refractivity contribution >= 4 is 23.1 Å². The van der Waals surface area contributed by atoms with Crippen molar-refractivity contribution in [3.8, 4) is 11.6 Å². The molecule has 150 valence electrons. The van der Waals surface area contributed by atoms with E-state index in [9.17, 15) is 9.18 Å². The van der Waals surface area contributed by atoms with Gasteiger partial charge in [0.1, 0.15) is 23.7 Å². The van der Waals surface area contributed by atoms with E-state index in [1.807, 2.05) is 29.3 Å². The number of amides is 1. The fourth-order valence-electron chi connectivity index (χ4n) is 3.41. The van der Waals surface area contributed by atoms with Crippen molar-refractivity contribution in [1.82, 2.24) is 14.9 Å². The summed E-state index contributed by atoms with van der Waals surface area (Å²) in [7, 11) is 0. The largest absolute Gasteiger partial charge is 0.439 e. The Morgan fingerprint density at radius 3 is 2.83 bits per heavy atom. The van der Waals surface area contributed by atoms with E-state index in [0.717, 1.165) is 10.7 Å². The first-order valence-electron chi connectivity index (χ1n) is 9.37. The van der Waals surface area contributed by atoms with E-state index in [1.165, 1.54) is 29.8 Å². The Hall–Kier alpha value is -3.00. The summed E-state index contributed by atoms with van der Waals surface area (Å²) in [6.07, 6.45) is 1.46. The molecule has 3 aromatic rings. The molecule has 0 N–H and O–H groups in total. The molecule has 0 aliphatic carbocycles. The van der Waals surface area contributed by atoms with Crippen LogP contribution in [0.2, 0.25) is 0 Å². The number of nitrogens with zero attached hydrogens (tertiary/aromatic N) is 4. The molecule has 8 heteroatoms. The van der Waals surface area contributed by atoms with Crippen LogP contribution in [0.25, 0.3) is 0 Å². The first-order chi connectivity index (χ1) is 14.0. The third-order valence-corrected chi connectivity index (χ3v) is 5.78. The van der Waals surface area contributed by atoms with E-state index in [0.29, 0.717) is 36.8 Å². The van der Waals surface area contributed by atoms with Gasteiger partial charge in [0, 0.05) is 31.7 Å². The Kier molecular flexibility index (Phi) is 5.44. The van der Waals surface area contributed by atoms with Crippen LogP contribution in [-0.4, -0.2) is 46.5 Å². The second kappa shape index (κ2) is 8.16. The van der Waals surface area contributed by atoms with Crippen molar-refractivity contribution in [2.75, 3.05) is 24.5 Å². The third kappa shape index (κ3) is 4.22. The number of hydrogen-bond donors (Lipinski definition) is 0. The van der Waals surface area contributed by atoms with E-state index in [2.05, 4.69) is 14.9 Å². The molecule has 3 heterocycles. The number of benzene rings is 1. The normalized spacial score (nSPS) is 16.7. The van der Waals surface area contributed by atoms with Gasteiger partial charge in [-0.3, -0.25) is 4.79 Å². The van der Waals surface area contributed by atoms with Crippen molar-refractivity contribution in [1.29, 1.82) is 0 Å². The Labute approximate surface area is 172 Å². The van der Waals surface area contributed by atoms with Crippen LogP contribution in [0.5, 0.6) is 11.6 Å². The number of ether oxygens (including phenoxy) is 1. The fourth-order valence-corrected chi connectivity index (χ4v) is 4.09. The average Bonchev–Trinajstić information content (AvgIpc) is 3.25. The number of hydrogen-bond acceptors (Lipinski definition) is 6. The second-order valence-corrected chi connectivity index (χ2v) is 7.94. The molecule has 1 unspecified atom stereocenters. The number of piperazine rings is 1. The fraction of sp³-hybridized carbons (Fsp3) is 0.286. The Morgan fingerprint density at radius 2 is 2.10 bits per heavy atom. The SMILES string of the molecule is Cc1cc(F)ccc1Oc1cc(N2CCN(C(=O)c3cccs3)C(C)C2)ncn1. The van der Waals surface area contributed by atoms with Crippen LogP contribution < -0.4 is 9.64 Å². The summed E-state index contributed by atoms with van der Waals surface area (Å²) < 4.78 is 19.1. The predicted molar refractivity (Wildman–Crippen MR) is 110 cm³/mol. The summed E-state index contributed by atoms with van der Waals surface area (Å²) in [5.74, 6) is 1.46. The number of anilines is 1. The first kappa shape index (κ1) is 19.3. The van der Waals surface area contributed by atoms with Gasteiger partial charge in [-0.1, -0.05) is 6.07 Å². The maximum atomic E-state index is 13.3. The van der Waals surface area contributed by atoms with Gasteiger partial charge in [0.05, 0.1) is 4.88 Å². The Balaban J connectivity index is 1.46. The highest BCUT2D eigenvalue weighted by Crippen LogP contribution is 2.27. The van der Waals surface area contributed by atoms with Crippen molar-refractivity contribution in [3.05, 3.63) is 64.4 Å². The number of rotatable bonds is 4. The third-order valence-electron chi connectivity index (χ3n) is 4.92. The van der Waals surface area contributed by atoms with Crippen molar-refractivity contribution < 1.29 is 13.9 Å². The molecule has 1 aromatic carbocycles. The zero-order chi connectivity index (χ0) is 20.4. The van der Waals surface area contributed by atoms with E-state index in [1.54, 1.807) is 19.1 Å². The average molecular weight is 412 g/mol. The van der Waals surface area contributed by atoms with E-state index < -0.39 is 0 Å². The van der Waals surface area contributed by atoms with Crippen LogP contribution >= 0.6 is 11.3 Å². The second-order valence-electron chi connectivity index (χ2n) is 7.00. The number of aromatic nitrogens is 2. The molecule has 29 heavy (non-hydrogen) atoms. The highest BCUT2D eigenvalue weighted by atomic mass is 32.1. The highest BCUT2D eigenvalue weighted by molar-refractivity contribution is 7.12. The highest BCUT2D eigenvalue weighted by Gasteiger charge is 2.29. The van der Waals surface area contributed by atoms with Crippen molar-refractivity contribution in [2.24, 2.45) is 0 Å². The zero-order valence-corrected chi connectivity index (χ0v) is 17.0. The van der Waals surface area contributed by atoms with Gasteiger partial charge in [-0.15, -0.1) is 11.3 Å². The number of halogens is 1. The molecule has 0 radical (unpaired) electrons. The summed E-state index contributed by atoms with van der Waals surface area (Å²) in [4.78, 5) is 26.0. The molecule has 1 atom stereocenters. The minimum absolute atomic E-state index is 0.0528. The van der Waals surface area contributed by atoms with E-state index in [4.69, 9.17) is 4.74 Å². The number of thiophene rings is 1. The van der Waals surface area contributed by atoms with Crippen LogP contribution in [0.4, 0.5) is 10.2 Å². The van der Waals surface area contributed by atoms with Gasteiger partial charge in [0.2, 0.25) is 5.88 Å². The van der Waals surface area contributed by atoms with Crippen LogP contribution in [-0.2, 0) is 0 Å². The lowest BCUT2D eigenvalue weighted by Gasteiger charge is -2.40. The lowest BCUT2D eigenvalue weighted by atomic mass is 10.2. The number of aryl methyl sites for hydroxylation is 1. The standard InChI is InChI=1S/C21H21FN4O2S/c1-14-10-16(22)5-6-17(14)28-20-11-19(23-13-24-20)25-7-8-26(15(2)12-25)21(27)18-4-3-9-29-18/h3-6,9-11,13,15H,7-8,12H2,1-2H3. The van der Waals surface area contributed by atoms with Gasteiger partial charge in [0.15, 0.2) is 0 Å². The van der Waals surface area contributed by atoms with Gasteiger partial charge in [-0.25, -0.2) is 14.4 Å². The molecule has 6 nitrogen and oxygen atoms in total. The Morgan fingerprint density at radius 1 is 1.24 bits per heavy atom.